The largest absolute Gasteiger partial charge is 0.371 e. The van der Waals surface area contributed by atoms with Crippen LogP contribution in [0.1, 0.15) is 41.7 Å². The van der Waals surface area contributed by atoms with Gasteiger partial charge in [0.05, 0.1) is 11.3 Å². The van der Waals surface area contributed by atoms with E-state index in [1.54, 1.807) is 11.0 Å². The first kappa shape index (κ1) is 23.9. The maximum atomic E-state index is 15.4. The molecule has 2 aliphatic heterocycles. The molecule has 2 saturated heterocycles. The van der Waals surface area contributed by atoms with Crippen molar-refractivity contribution >= 4 is 11.6 Å². The highest BCUT2D eigenvalue weighted by molar-refractivity contribution is 5.94. The van der Waals surface area contributed by atoms with E-state index >= 15 is 8.78 Å². The third-order valence-corrected chi connectivity index (χ3v) is 6.74. The van der Waals surface area contributed by atoms with Gasteiger partial charge in [0.1, 0.15) is 17.6 Å². The van der Waals surface area contributed by atoms with Gasteiger partial charge in [-0.25, -0.2) is 17.9 Å². The number of halogens is 3. The van der Waals surface area contributed by atoms with Crippen LogP contribution >= 0.6 is 0 Å². The summed E-state index contributed by atoms with van der Waals surface area (Å²) in [5, 5.41) is 13.4. The Labute approximate surface area is 206 Å². The SMILES string of the molecule is N#Cc1ccc(-c2cc(C(=O)N3CCCC(N)C3)nn2-c2c(F)cc(N3CCCC3)cc2F)cc1F. The average molecular weight is 495 g/mol. The van der Waals surface area contributed by atoms with E-state index in [0.717, 1.165) is 36.4 Å². The Morgan fingerprint density at radius 2 is 1.72 bits per heavy atom. The number of nitrogens with zero attached hydrogens (tertiary/aromatic N) is 5. The molecule has 0 spiro atoms. The van der Waals surface area contributed by atoms with Gasteiger partial charge in [0.2, 0.25) is 0 Å². The van der Waals surface area contributed by atoms with Gasteiger partial charge in [-0.3, -0.25) is 4.79 Å². The predicted molar refractivity (Wildman–Crippen MR) is 128 cm³/mol. The van der Waals surface area contributed by atoms with Crippen LogP contribution in [0.25, 0.3) is 16.9 Å². The van der Waals surface area contributed by atoms with Crippen molar-refractivity contribution in [1.29, 1.82) is 5.26 Å². The van der Waals surface area contributed by atoms with Crippen molar-refractivity contribution in [1.82, 2.24) is 14.7 Å². The predicted octanol–water partition coefficient (Wildman–Crippen LogP) is 3.99. The minimum Gasteiger partial charge on any atom is -0.371 e. The van der Waals surface area contributed by atoms with E-state index in [2.05, 4.69) is 5.10 Å². The fourth-order valence-electron chi connectivity index (χ4n) is 4.90. The third-order valence-electron chi connectivity index (χ3n) is 6.74. The van der Waals surface area contributed by atoms with Crippen LogP contribution in [0.4, 0.5) is 18.9 Å². The lowest BCUT2D eigenvalue weighted by molar-refractivity contribution is 0.0702. The van der Waals surface area contributed by atoms with E-state index in [1.165, 1.54) is 30.3 Å². The minimum atomic E-state index is -0.852. The second-order valence-corrected chi connectivity index (χ2v) is 9.24. The molecule has 2 fully saturated rings. The first-order valence-electron chi connectivity index (χ1n) is 11.9. The molecule has 0 radical (unpaired) electrons. The molecule has 10 heteroatoms. The Morgan fingerprint density at radius 3 is 2.36 bits per heavy atom. The van der Waals surface area contributed by atoms with E-state index in [9.17, 15) is 9.18 Å². The Morgan fingerprint density at radius 1 is 1.00 bits per heavy atom. The lowest BCUT2D eigenvalue weighted by atomic mass is 10.1. The molecule has 2 aliphatic rings. The van der Waals surface area contributed by atoms with Gasteiger partial charge in [0.25, 0.3) is 5.91 Å². The van der Waals surface area contributed by atoms with E-state index < -0.39 is 29.0 Å². The van der Waals surface area contributed by atoms with Crippen molar-refractivity contribution in [3.05, 3.63) is 65.1 Å². The smallest absolute Gasteiger partial charge is 0.274 e. The summed E-state index contributed by atoms with van der Waals surface area (Å²) in [7, 11) is 0. The van der Waals surface area contributed by atoms with Crippen LogP contribution < -0.4 is 10.6 Å². The molecule has 2 N–H and O–H groups in total. The normalized spacial score (nSPS) is 17.9. The standard InChI is InChI=1S/C26H25F3N6O/c27-20-10-16(5-6-17(20)14-30)24-13-23(26(36)34-9-3-4-18(31)15-34)32-35(24)25-21(28)11-19(12-22(25)29)33-7-1-2-8-33/h5-6,10-13,18H,1-4,7-9,15,31H2. The molecular formula is C26H25F3N6O. The number of carbonyl (C=O) groups is 1. The Bertz CT molecular complexity index is 1340. The van der Waals surface area contributed by atoms with Gasteiger partial charge in [-0.1, -0.05) is 6.07 Å². The van der Waals surface area contributed by atoms with Gasteiger partial charge in [-0.2, -0.15) is 10.4 Å². The molecule has 0 saturated carbocycles. The monoisotopic (exact) mass is 494 g/mol. The number of aromatic nitrogens is 2. The number of hydrogen-bond acceptors (Lipinski definition) is 5. The first-order chi connectivity index (χ1) is 17.4. The van der Waals surface area contributed by atoms with Crippen molar-refractivity contribution in [2.45, 2.75) is 31.7 Å². The second kappa shape index (κ2) is 9.66. The number of amides is 1. The number of carbonyl (C=O) groups excluding carboxylic acids is 1. The number of likely N-dealkylation sites (tertiary alicyclic amines) is 1. The first-order valence-corrected chi connectivity index (χ1v) is 11.9. The van der Waals surface area contributed by atoms with Gasteiger partial charge >= 0.3 is 0 Å². The highest BCUT2D eigenvalue weighted by Crippen LogP contribution is 2.32. The van der Waals surface area contributed by atoms with Gasteiger partial charge in [0, 0.05) is 43.5 Å². The summed E-state index contributed by atoms with van der Waals surface area (Å²) in [4.78, 5) is 16.7. The summed E-state index contributed by atoms with van der Waals surface area (Å²) in [6.07, 6.45) is 3.44. The number of anilines is 1. The van der Waals surface area contributed by atoms with Crippen LogP contribution in [0, 0.1) is 28.8 Å². The molecule has 0 bridgehead atoms. The van der Waals surface area contributed by atoms with Crippen molar-refractivity contribution in [2.24, 2.45) is 5.73 Å². The molecule has 1 unspecified atom stereocenters. The third kappa shape index (κ3) is 4.42. The van der Waals surface area contributed by atoms with Gasteiger partial charge in [-0.15, -0.1) is 0 Å². The molecule has 3 heterocycles. The molecule has 5 rings (SSSR count). The van der Waals surface area contributed by atoms with Crippen molar-refractivity contribution in [3.63, 3.8) is 0 Å². The van der Waals surface area contributed by atoms with E-state index in [1.807, 2.05) is 4.90 Å². The zero-order valence-corrected chi connectivity index (χ0v) is 19.6. The van der Waals surface area contributed by atoms with Crippen LogP contribution in [0.3, 0.4) is 0 Å². The van der Waals surface area contributed by atoms with E-state index in [0.29, 0.717) is 31.9 Å². The molecule has 1 aromatic heterocycles. The Hall–Kier alpha value is -3.84. The summed E-state index contributed by atoms with van der Waals surface area (Å²) < 4.78 is 46.3. The lowest BCUT2D eigenvalue weighted by Gasteiger charge is -2.30. The number of hydrogen-bond donors (Lipinski definition) is 1. The van der Waals surface area contributed by atoms with Crippen LogP contribution in [0.15, 0.2) is 36.4 Å². The second-order valence-electron chi connectivity index (χ2n) is 9.24. The average Bonchev–Trinajstić information content (AvgIpc) is 3.54. The number of piperidine rings is 1. The van der Waals surface area contributed by atoms with E-state index in [4.69, 9.17) is 11.0 Å². The molecule has 2 aromatic carbocycles. The minimum absolute atomic E-state index is 0.0358. The van der Waals surface area contributed by atoms with Gasteiger partial charge < -0.3 is 15.5 Å². The van der Waals surface area contributed by atoms with E-state index in [-0.39, 0.29) is 28.6 Å². The van der Waals surface area contributed by atoms with Crippen LogP contribution in [0.5, 0.6) is 0 Å². The van der Waals surface area contributed by atoms with Crippen molar-refractivity contribution in [2.75, 3.05) is 31.1 Å². The number of nitrogens with two attached hydrogens (primary N) is 1. The zero-order chi connectivity index (χ0) is 25.4. The molecule has 3 aromatic rings. The molecule has 7 nitrogen and oxygen atoms in total. The maximum Gasteiger partial charge on any atom is 0.274 e. The summed E-state index contributed by atoms with van der Waals surface area (Å²) in [5.41, 5.74) is 6.12. The van der Waals surface area contributed by atoms with Crippen LogP contribution in [-0.4, -0.2) is 52.8 Å². The van der Waals surface area contributed by atoms with Crippen molar-refractivity contribution < 1.29 is 18.0 Å². The molecule has 1 atom stereocenters. The fraction of sp³-hybridized carbons (Fsp3) is 0.346. The summed E-state index contributed by atoms with van der Waals surface area (Å²) in [6.45, 7) is 2.27. The summed E-state index contributed by atoms with van der Waals surface area (Å²) in [5.74, 6) is -2.92. The number of rotatable bonds is 4. The van der Waals surface area contributed by atoms with Gasteiger partial charge in [-0.05, 0) is 56.0 Å². The van der Waals surface area contributed by atoms with Crippen LogP contribution in [0.2, 0.25) is 0 Å². The van der Waals surface area contributed by atoms with Gasteiger partial charge in [0.15, 0.2) is 17.3 Å². The summed E-state index contributed by atoms with van der Waals surface area (Å²) >= 11 is 0. The lowest BCUT2D eigenvalue weighted by Crippen LogP contribution is -2.45. The van der Waals surface area contributed by atoms with Crippen LogP contribution in [-0.2, 0) is 0 Å². The molecule has 36 heavy (non-hydrogen) atoms. The number of nitriles is 1. The number of benzene rings is 2. The quantitative estimate of drug-likeness (QED) is 0.592. The molecular weight excluding hydrogens is 469 g/mol. The summed E-state index contributed by atoms with van der Waals surface area (Å²) in [6, 6.07) is 9.29. The fourth-order valence-corrected chi connectivity index (χ4v) is 4.90. The zero-order valence-electron chi connectivity index (χ0n) is 19.6. The Kier molecular flexibility index (Phi) is 6.41. The highest BCUT2D eigenvalue weighted by Gasteiger charge is 2.28. The molecule has 186 valence electrons. The van der Waals surface area contributed by atoms with Crippen molar-refractivity contribution in [3.8, 4) is 23.0 Å². The topological polar surface area (TPSA) is 91.2 Å². The maximum absolute atomic E-state index is 15.4. The molecule has 1 amide bonds. The molecule has 0 aliphatic carbocycles. The Balaban J connectivity index is 1.62. The highest BCUT2D eigenvalue weighted by atomic mass is 19.1.